The van der Waals surface area contributed by atoms with Crippen LogP contribution in [-0.4, -0.2) is 36.3 Å². The summed E-state index contributed by atoms with van der Waals surface area (Å²) in [5.74, 6) is 0.643. The first-order chi connectivity index (χ1) is 8.66. The van der Waals surface area contributed by atoms with Crippen LogP contribution in [0.2, 0.25) is 0 Å². The van der Waals surface area contributed by atoms with E-state index in [2.05, 4.69) is 5.32 Å². The van der Waals surface area contributed by atoms with E-state index in [0.29, 0.717) is 12.5 Å². The number of carbonyl (C=O) groups is 2. The molecule has 0 aromatic carbocycles. The molecule has 1 aromatic rings. The smallest absolute Gasteiger partial charge is 0.252 e. The van der Waals surface area contributed by atoms with Crippen molar-refractivity contribution >= 4 is 23.2 Å². The molecule has 0 unspecified atom stereocenters. The van der Waals surface area contributed by atoms with Crippen molar-refractivity contribution in [3.63, 3.8) is 0 Å². The van der Waals surface area contributed by atoms with Crippen molar-refractivity contribution in [1.29, 1.82) is 0 Å². The Morgan fingerprint density at radius 1 is 1.44 bits per heavy atom. The van der Waals surface area contributed by atoms with Gasteiger partial charge in [-0.05, 0) is 30.2 Å². The van der Waals surface area contributed by atoms with Gasteiger partial charge < -0.3 is 10.2 Å². The summed E-state index contributed by atoms with van der Waals surface area (Å²) in [6.45, 7) is 3.95. The Morgan fingerprint density at radius 3 is 2.72 bits per heavy atom. The molecule has 1 aliphatic heterocycles. The van der Waals surface area contributed by atoms with Crippen LogP contribution < -0.4 is 5.32 Å². The molecule has 18 heavy (non-hydrogen) atoms. The number of amides is 2. The second-order valence-corrected chi connectivity index (χ2v) is 5.45. The van der Waals surface area contributed by atoms with Crippen LogP contribution in [-0.2, 0) is 4.79 Å². The molecule has 1 fully saturated rings. The van der Waals surface area contributed by atoms with Gasteiger partial charge in [0.15, 0.2) is 0 Å². The Morgan fingerprint density at radius 2 is 2.17 bits per heavy atom. The number of likely N-dealkylation sites (tertiary alicyclic amines) is 1. The normalized spacial score (nSPS) is 16.6. The van der Waals surface area contributed by atoms with Gasteiger partial charge in [-0.15, -0.1) is 0 Å². The second-order valence-electron chi connectivity index (χ2n) is 4.67. The molecule has 98 valence electrons. The van der Waals surface area contributed by atoms with E-state index in [1.807, 2.05) is 21.7 Å². The van der Waals surface area contributed by atoms with E-state index in [-0.39, 0.29) is 11.8 Å². The van der Waals surface area contributed by atoms with E-state index in [1.54, 1.807) is 6.92 Å². The lowest BCUT2D eigenvalue weighted by Crippen LogP contribution is -2.40. The van der Waals surface area contributed by atoms with Crippen LogP contribution in [0.25, 0.3) is 0 Å². The van der Waals surface area contributed by atoms with Gasteiger partial charge in [-0.1, -0.05) is 0 Å². The monoisotopic (exact) mass is 266 g/mol. The number of rotatable bonds is 3. The van der Waals surface area contributed by atoms with Gasteiger partial charge in [0, 0.05) is 37.5 Å². The predicted octanol–water partition coefficient (Wildman–Crippen LogP) is 1.74. The van der Waals surface area contributed by atoms with Gasteiger partial charge in [-0.25, -0.2) is 0 Å². The minimum atomic E-state index is 0.00486. The third-order valence-electron chi connectivity index (χ3n) is 3.39. The van der Waals surface area contributed by atoms with Gasteiger partial charge in [0.05, 0.1) is 0 Å². The molecule has 0 bridgehead atoms. The molecule has 2 rings (SSSR count). The summed E-state index contributed by atoms with van der Waals surface area (Å²) >= 11 is 1.53. The van der Waals surface area contributed by atoms with Crippen molar-refractivity contribution in [2.75, 3.05) is 19.6 Å². The topological polar surface area (TPSA) is 49.4 Å². The number of nitrogens with zero attached hydrogens (tertiary/aromatic N) is 1. The lowest BCUT2D eigenvalue weighted by atomic mass is 9.96. The fourth-order valence-electron chi connectivity index (χ4n) is 2.18. The largest absolute Gasteiger partial charge is 0.352 e. The van der Waals surface area contributed by atoms with Crippen LogP contribution in [0.15, 0.2) is 16.8 Å². The van der Waals surface area contributed by atoms with E-state index in [0.717, 1.165) is 31.5 Å². The van der Waals surface area contributed by atoms with E-state index < -0.39 is 0 Å². The van der Waals surface area contributed by atoms with Crippen LogP contribution in [0.5, 0.6) is 0 Å². The lowest BCUT2D eigenvalue weighted by Gasteiger charge is -2.31. The molecule has 1 aliphatic rings. The van der Waals surface area contributed by atoms with Crippen molar-refractivity contribution in [2.45, 2.75) is 19.8 Å². The Kier molecular flexibility index (Phi) is 4.36. The SMILES string of the molecule is CC(=O)N1CCC(CNC(=O)c2ccsc2)CC1. The summed E-state index contributed by atoms with van der Waals surface area (Å²) in [6.07, 6.45) is 1.95. The molecule has 1 N–H and O–H groups in total. The highest BCUT2D eigenvalue weighted by molar-refractivity contribution is 7.08. The highest BCUT2D eigenvalue weighted by Gasteiger charge is 2.21. The molecule has 0 saturated carbocycles. The van der Waals surface area contributed by atoms with Crippen LogP contribution in [0, 0.1) is 5.92 Å². The maximum atomic E-state index is 11.8. The second kappa shape index (κ2) is 6.00. The number of thiophene rings is 1. The highest BCUT2D eigenvalue weighted by atomic mass is 32.1. The minimum Gasteiger partial charge on any atom is -0.352 e. The quantitative estimate of drug-likeness (QED) is 0.906. The van der Waals surface area contributed by atoms with Crippen molar-refractivity contribution < 1.29 is 9.59 Å². The Labute approximate surface area is 111 Å². The maximum Gasteiger partial charge on any atom is 0.252 e. The molecule has 2 amide bonds. The number of carbonyl (C=O) groups excluding carboxylic acids is 2. The molecule has 2 heterocycles. The van der Waals surface area contributed by atoms with Gasteiger partial charge in [0.25, 0.3) is 5.91 Å². The molecule has 0 spiro atoms. The average molecular weight is 266 g/mol. The van der Waals surface area contributed by atoms with Crippen LogP contribution in [0.3, 0.4) is 0 Å². The first-order valence-electron chi connectivity index (χ1n) is 6.22. The molecule has 1 saturated heterocycles. The predicted molar refractivity (Wildman–Crippen MR) is 71.6 cm³/mol. The molecule has 0 aliphatic carbocycles. The van der Waals surface area contributed by atoms with Crippen molar-refractivity contribution in [3.8, 4) is 0 Å². The Hall–Kier alpha value is -1.36. The number of hydrogen-bond donors (Lipinski definition) is 1. The molecule has 1 aromatic heterocycles. The number of nitrogens with one attached hydrogen (secondary N) is 1. The Bertz CT molecular complexity index is 409. The summed E-state index contributed by atoms with van der Waals surface area (Å²) in [4.78, 5) is 24.8. The zero-order valence-electron chi connectivity index (χ0n) is 10.5. The van der Waals surface area contributed by atoms with Gasteiger partial charge in [-0.3, -0.25) is 9.59 Å². The third kappa shape index (κ3) is 3.32. The van der Waals surface area contributed by atoms with Gasteiger partial charge in [-0.2, -0.15) is 11.3 Å². The Balaban J connectivity index is 1.72. The fraction of sp³-hybridized carbons (Fsp3) is 0.538. The summed E-state index contributed by atoms with van der Waals surface area (Å²) in [5.41, 5.74) is 0.737. The first-order valence-corrected chi connectivity index (χ1v) is 7.17. The number of piperidine rings is 1. The summed E-state index contributed by atoms with van der Waals surface area (Å²) in [5, 5.41) is 6.72. The minimum absolute atomic E-state index is 0.00486. The van der Waals surface area contributed by atoms with Crippen molar-refractivity contribution in [3.05, 3.63) is 22.4 Å². The number of hydrogen-bond acceptors (Lipinski definition) is 3. The molecule has 4 nitrogen and oxygen atoms in total. The molecule has 5 heteroatoms. The van der Waals surface area contributed by atoms with E-state index in [4.69, 9.17) is 0 Å². The van der Waals surface area contributed by atoms with E-state index in [9.17, 15) is 9.59 Å². The van der Waals surface area contributed by atoms with Gasteiger partial charge >= 0.3 is 0 Å². The standard InChI is InChI=1S/C13H18N2O2S/c1-10(16)15-5-2-11(3-6-15)8-14-13(17)12-4-7-18-9-12/h4,7,9,11H,2-3,5-6,8H2,1H3,(H,14,17). The highest BCUT2D eigenvalue weighted by Crippen LogP contribution is 2.16. The maximum absolute atomic E-state index is 11.8. The molecule has 0 atom stereocenters. The average Bonchev–Trinajstić information content (AvgIpc) is 2.90. The van der Waals surface area contributed by atoms with Crippen LogP contribution in [0.1, 0.15) is 30.1 Å². The van der Waals surface area contributed by atoms with E-state index >= 15 is 0 Å². The summed E-state index contributed by atoms with van der Waals surface area (Å²) in [7, 11) is 0. The zero-order chi connectivity index (χ0) is 13.0. The van der Waals surface area contributed by atoms with Crippen LogP contribution in [0.4, 0.5) is 0 Å². The molecular weight excluding hydrogens is 248 g/mol. The van der Waals surface area contributed by atoms with Gasteiger partial charge in [0.2, 0.25) is 5.91 Å². The van der Waals surface area contributed by atoms with Gasteiger partial charge in [0.1, 0.15) is 0 Å². The summed E-state index contributed by atoms with van der Waals surface area (Å²) < 4.78 is 0. The third-order valence-corrected chi connectivity index (χ3v) is 4.08. The van der Waals surface area contributed by atoms with Crippen molar-refractivity contribution in [2.24, 2.45) is 5.92 Å². The van der Waals surface area contributed by atoms with Crippen LogP contribution >= 0.6 is 11.3 Å². The zero-order valence-corrected chi connectivity index (χ0v) is 11.3. The fourth-order valence-corrected chi connectivity index (χ4v) is 2.82. The summed E-state index contributed by atoms with van der Waals surface area (Å²) in [6, 6.07) is 1.83. The van der Waals surface area contributed by atoms with E-state index in [1.165, 1.54) is 11.3 Å². The lowest BCUT2D eigenvalue weighted by molar-refractivity contribution is -0.130. The first kappa shape index (κ1) is 13.1. The molecular formula is C13H18N2O2S. The molecule has 0 radical (unpaired) electrons. The van der Waals surface area contributed by atoms with Crippen molar-refractivity contribution in [1.82, 2.24) is 10.2 Å².